The molecule has 86 valence electrons. The number of thiophene rings is 1. The van der Waals surface area contributed by atoms with Crippen molar-refractivity contribution < 1.29 is 0 Å². The van der Waals surface area contributed by atoms with Gasteiger partial charge in [-0.3, -0.25) is 0 Å². The number of likely N-dealkylation sites (N-methyl/N-ethyl adjacent to an activating group) is 1. The zero-order valence-corrected chi connectivity index (χ0v) is 10.7. The molecule has 0 aliphatic heterocycles. The summed E-state index contributed by atoms with van der Waals surface area (Å²) in [4.78, 5) is 6.58. The van der Waals surface area contributed by atoms with Crippen LogP contribution in [0.3, 0.4) is 0 Å². The van der Waals surface area contributed by atoms with E-state index in [1.165, 1.54) is 10.1 Å². The average Bonchev–Trinajstić information content (AvgIpc) is 2.73. The van der Waals surface area contributed by atoms with Crippen LogP contribution in [0.2, 0.25) is 0 Å². The smallest absolute Gasteiger partial charge is 0.134 e. The normalized spacial score (nSPS) is 13.2. The van der Waals surface area contributed by atoms with Crippen LogP contribution in [0.5, 0.6) is 0 Å². The van der Waals surface area contributed by atoms with Crippen LogP contribution in [-0.4, -0.2) is 36.6 Å². The highest BCUT2D eigenvalue weighted by Crippen LogP contribution is 2.25. The fraction of sp³-hybridized carbons (Fsp3) is 0.417. The molecule has 0 aliphatic carbocycles. The van der Waals surface area contributed by atoms with E-state index in [4.69, 9.17) is 0 Å². The molecule has 3 nitrogen and oxygen atoms in total. The number of fused-ring (bicyclic) bond motifs is 1. The Morgan fingerprint density at radius 1 is 1.44 bits per heavy atom. The topological polar surface area (TPSA) is 28.2 Å². The zero-order valence-electron chi connectivity index (χ0n) is 9.90. The van der Waals surface area contributed by atoms with Gasteiger partial charge in [0.15, 0.2) is 0 Å². The Morgan fingerprint density at radius 2 is 2.25 bits per heavy atom. The van der Waals surface area contributed by atoms with Crippen molar-refractivity contribution in [2.45, 2.75) is 13.0 Å². The van der Waals surface area contributed by atoms with Crippen LogP contribution in [0.4, 0.5) is 5.82 Å². The summed E-state index contributed by atoms with van der Waals surface area (Å²) in [6, 6.07) is 4.67. The summed E-state index contributed by atoms with van der Waals surface area (Å²) < 4.78 is 1.29. The van der Waals surface area contributed by atoms with Crippen molar-refractivity contribution >= 4 is 27.2 Å². The Labute approximate surface area is 100 Å². The quantitative estimate of drug-likeness (QED) is 0.883. The molecule has 0 fully saturated rings. The first-order chi connectivity index (χ1) is 7.68. The Balaban J connectivity index is 2.12. The number of nitrogens with one attached hydrogen (secondary N) is 1. The predicted molar refractivity (Wildman–Crippen MR) is 71.3 cm³/mol. The maximum atomic E-state index is 4.39. The summed E-state index contributed by atoms with van der Waals surface area (Å²) in [7, 11) is 4.18. The summed E-state index contributed by atoms with van der Waals surface area (Å²) in [6.07, 6.45) is 1.86. The van der Waals surface area contributed by atoms with Crippen LogP contribution in [0, 0.1) is 0 Å². The molecule has 1 N–H and O–H groups in total. The average molecular weight is 235 g/mol. The van der Waals surface area contributed by atoms with E-state index in [0.717, 1.165) is 12.4 Å². The molecule has 4 heteroatoms. The van der Waals surface area contributed by atoms with Gasteiger partial charge >= 0.3 is 0 Å². The Bertz CT molecular complexity index is 464. The van der Waals surface area contributed by atoms with Gasteiger partial charge in [0.1, 0.15) is 5.82 Å². The fourth-order valence-electron chi connectivity index (χ4n) is 1.46. The maximum absolute atomic E-state index is 4.39. The van der Waals surface area contributed by atoms with Gasteiger partial charge in [0.25, 0.3) is 0 Å². The molecular formula is C12H17N3S. The number of aromatic nitrogens is 1. The highest BCUT2D eigenvalue weighted by atomic mass is 32.1. The van der Waals surface area contributed by atoms with Gasteiger partial charge in [-0.25, -0.2) is 4.98 Å². The van der Waals surface area contributed by atoms with E-state index >= 15 is 0 Å². The minimum atomic E-state index is 0.496. The number of nitrogens with zero attached hydrogens (tertiary/aromatic N) is 2. The minimum absolute atomic E-state index is 0.496. The molecule has 2 aromatic heterocycles. The molecule has 0 spiro atoms. The predicted octanol–water partition coefficient (Wildman–Crippen LogP) is 2.66. The SMILES string of the molecule is CC(CNc1nccc2sccc12)N(C)C. The van der Waals surface area contributed by atoms with Crippen LogP contribution in [0.1, 0.15) is 6.92 Å². The number of pyridine rings is 1. The van der Waals surface area contributed by atoms with Crippen LogP contribution in [0.15, 0.2) is 23.7 Å². The molecule has 1 atom stereocenters. The van der Waals surface area contributed by atoms with Gasteiger partial charge in [-0.05, 0) is 38.5 Å². The first kappa shape index (κ1) is 11.4. The fourth-order valence-corrected chi connectivity index (χ4v) is 2.24. The lowest BCUT2D eigenvalue weighted by atomic mass is 10.3. The largest absolute Gasteiger partial charge is 0.368 e. The van der Waals surface area contributed by atoms with Crippen LogP contribution < -0.4 is 5.32 Å². The molecule has 16 heavy (non-hydrogen) atoms. The molecular weight excluding hydrogens is 218 g/mol. The summed E-state index contributed by atoms with van der Waals surface area (Å²) >= 11 is 1.75. The Kier molecular flexibility index (Phi) is 3.41. The molecule has 0 radical (unpaired) electrons. The number of hydrogen-bond acceptors (Lipinski definition) is 4. The second-order valence-electron chi connectivity index (χ2n) is 4.19. The summed E-state index contributed by atoms with van der Waals surface area (Å²) in [5.74, 6) is 0.993. The molecule has 1 unspecified atom stereocenters. The van der Waals surface area contributed by atoms with Gasteiger partial charge in [-0.15, -0.1) is 11.3 Å². The summed E-state index contributed by atoms with van der Waals surface area (Å²) in [6.45, 7) is 3.11. The van der Waals surface area contributed by atoms with Gasteiger partial charge in [0.05, 0.1) is 0 Å². The standard InChI is InChI=1S/C12H17N3S/c1-9(15(2)3)8-14-12-10-5-7-16-11(10)4-6-13-12/h4-7,9H,8H2,1-3H3,(H,13,14). The van der Waals surface area contributed by atoms with Crippen molar-refractivity contribution in [3.05, 3.63) is 23.7 Å². The number of rotatable bonds is 4. The van der Waals surface area contributed by atoms with Crippen molar-refractivity contribution in [2.24, 2.45) is 0 Å². The van der Waals surface area contributed by atoms with E-state index in [0.29, 0.717) is 6.04 Å². The summed E-state index contributed by atoms with van der Waals surface area (Å²) in [5, 5.41) is 6.73. The van der Waals surface area contributed by atoms with Crippen molar-refractivity contribution in [1.29, 1.82) is 0 Å². The molecule has 0 amide bonds. The van der Waals surface area contributed by atoms with E-state index in [1.807, 2.05) is 6.20 Å². The highest BCUT2D eigenvalue weighted by molar-refractivity contribution is 7.17. The van der Waals surface area contributed by atoms with Crippen LogP contribution in [0.25, 0.3) is 10.1 Å². The molecule has 0 saturated heterocycles. The second-order valence-corrected chi connectivity index (χ2v) is 5.13. The van der Waals surface area contributed by atoms with E-state index in [9.17, 15) is 0 Å². The van der Waals surface area contributed by atoms with E-state index in [1.54, 1.807) is 11.3 Å². The first-order valence-corrected chi connectivity index (χ1v) is 6.29. The molecule has 2 heterocycles. The van der Waals surface area contributed by atoms with E-state index < -0.39 is 0 Å². The molecule has 0 aliphatic rings. The first-order valence-electron chi connectivity index (χ1n) is 5.41. The van der Waals surface area contributed by atoms with Crippen molar-refractivity contribution in [1.82, 2.24) is 9.88 Å². The van der Waals surface area contributed by atoms with Crippen molar-refractivity contribution in [3.63, 3.8) is 0 Å². The molecule has 2 aromatic rings. The van der Waals surface area contributed by atoms with Gasteiger partial charge < -0.3 is 10.2 Å². The Hall–Kier alpha value is -1.13. The van der Waals surface area contributed by atoms with E-state index in [2.05, 4.69) is 53.7 Å². The van der Waals surface area contributed by atoms with Gasteiger partial charge in [-0.1, -0.05) is 0 Å². The lowest BCUT2D eigenvalue weighted by molar-refractivity contribution is 0.326. The number of anilines is 1. The third-order valence-corrected chi connectivity index (χ3v) is 3.71. The van der Waals surface area contributed by atoms with Crippen LogP contribution >= 0.6 is 11.3 Å². The molecule has 0 aromatic carbocycles. The second kappa shape index (κ2) is 4.80. The van der Waals surface area contributed by atoms with Crippen molar-refractivity contribution in [3.8, 4) is 0 Å². The lowest BCUT2D eigenvalue weighted by Gasteiger charge is -2.20. The third-order valence-electron chi connectivity index (χ3n) is 2.83. The van der Waals surface area contributed by atoms with Gasteiger partial charge in [-0.2, -0.15) is 0 Å². The summed E-state index contributed by atoms with van der Waals surface area (Å²) in [5.41, 5.74) is 0. The molecule has 2 rings (SSSR count). The maximum Gasteiger partial charge on any atom is 0.134 e. The monoisotopic (exact) mass is 235 g/mol. The van der Waals surface area contributed by atoms with E-state index in [-0.39, 0.29) is 0 Å². The molecule has 0 bridgehead atoms. The van der Waals surface area contributed by atoms with Crippen molar-refractivity contribution in [2.75, 3.05) is 26.0 Å². The minimum Gasteiger partial charge on any atom is -0.368 e. The lowest BCUT2D eigenvalue weighted by Crippen LogP contribution is -2.31. The third kappa shape index (κ3) is 2.33. The van der Waals surface area contributed by atoms with Gasteiger partial charge in [0.2, 0.25) is 0 Å². The van der Waals surface area contributed by atoms with Gasteiger partial charge in [0, 0.05) is 28.9 Å². The Morgan fingerprint density at radius 3 is 3.00 bits per heavy atom. The molecule has 0 saturated carbocycles. The zero-order chi connectivity index (χ0) is 11.5. The van der Waals surface area contributed by atoms with Crippen LogP contribution in [-0.2, 0) is 0 Å². The highest BCUT2D eigenvalue weighted by Gasteiger charge is 2.06. The number of hydrogen-bond donors (Lipinski definition) is 1.